The highest BCUT2D eigenvalue weighted by atomic mass is 16.2. The summed E-state index contributed by atoms with van der Waals surface area (Å²) in [6.07, 6.45) is 2.18. The molecule has 156 valence electrons. The van der Waals surface area contributed by atoms with Gasteiger partial charge in [0.05, 0.1) is 18.3 Å². The number of carbonyl (C=O) groups is 4. The van der Waals surface area contributed by atoms with E-state index in [1.807, 2.05) is 0 Å². The van der Waals surface area contributed by atoms with Crippen LogP contribution in [0.5, 0.6) is 0 Å². The Bertz CT molecular complexity index is 711. The molecule has 0 aliphatic rings. The van der Waals surface area contributed by atoms with Gasteiger partial charge in [0.15, 0.2) is 11.6 Å². The summed E-state index contributed by atoms with van der Waals surface area (Å²) in [6.45, 7) is 10.3. The summed E-state index contributed by atoms with van der Waals surface area (Å²) in [5.41, 5.74) is 0.594. The van der Waals surface area contributed by atoms with E-state index in [2.05, 4.69) is 20.9 Å². The molecule has 0 unspecified atom stereocenters. The molecule has 0 aromatic carbocycles. The summed E-state index contributed by atoms with van der Waals surface area (Å²) < 4.78 is 1.49. The molecule has 2 N–H and O–H groups in total. The zero-order valence-electron chi connectivity index (χ0n) is 17.5. The fourth-order valence-corrected chi connectivity index (χ4v) is 2.71. The lowest BCUT2D eigenvalue weighted by Crippen LogP contribution is -2.44. The van der Waals surface area contributed by atoms with Crippen molar-refractivity contribution in [2.45, 2.75) is 73.0 Å². The van der Waals surface area contributed by atoms with Gasteiger partial charge in [-0.1, -0.05) is 32.9 Å². The number of hydrogen-bond acceptors (Lipinski definition) is 6. The van der Waals surface area contributed by atoms with Gasteiger partial charge in [-0.3, -0.25) is 19.2 Å². The third-order valence-corrected chi connectivity index (χ3v) is 4.23. The summed E-state index contributed by atoms with van der Waals surface area (Å²) in [5, 5.41) is 13.3. The number of aromatic nitrogens is 3. The monoisotopic (exact) mass is 393 g/mol. The summed E-state index contributed by atoms with van der Waals surface area (Å²) in [4.78, 5) is 47.5. The summed E-state index contributed by atoms with van der Waals surface area (Å²) >= 11 is 0. The maximum atomic E-state index is 12.3. The van der Waals surface area contributed by atoms with Gasteiger partial charge in [-0.2, -0.15) is 0 Å². The van der Waals surface area contributed by atoms with Crippen molar-refractivity contribution in [3.8, 4) is 0 Å². The molecule has 0 aliphatic carbocycles. The number of carbonyl (C=O) groups excluding carboxylic acids is 4. The second kappa shape index (κ2) is 10.7. The summed E-state index contributed by atoms with van der Waals surface area (Å²) in [6, 6.07) is -1.21. The molecule has 28 heavy (non-hydrogen) atoms. The molecular weight excluding hydrogens is 362 g/mol. The molecule has 2 atom stereocenters. The lowest BCUT2D eigenvalue weighted by molar-refractivity contribution is -0.129. The Hall–Kier alpha value is -2.58. The number of aryl methyl sites for hydroxylation is 1. The fraction of sp³-hybridized carbons (Fsp3) is 0.684. The van der Waals surface area contributed by atoms with Crippen molar-refractivity contribution in [2.75, 3.05) is 0 Å². The van der Waals surface area contributed by atoms with Crippen molar-refractivity contribution in [1.29, 1.82) is 0 Å². The highest BCUT2D eigenvalue weighted by molar-refractivity contribution is 5.90. The highest BCUT2D eigenvalue weighted by Crippen LogP contribution is 2.05. The SMILES string of the molecule is CC(=O)N[C@H](Cn1cc(CCC(=O)N[C@@H](C)C(=O)C(C)C)nn1)C(=O)C(C)C. The van der Waals surface area contributed by atoms with E-state index in [9.17, 15) is 19.2 Å². The van der Waals surface area contributed by atoms with E-state index in [1.54, 1.807) is 40.8 Å². The predicted molar refractivity (Wildman–Crippen MR) is 103 cm³/mol. The van der Waals surface area contributed by atoms with Gasteiger partial charge < -0.3 is 10.6 Å². The van der Waals surface area contributed by atoms with Crippen molar-refractivity contribution in [1.82, 2.24) is 25.6 Å². The van der Waals surface area contributed by atoms with Gasteiger partial charge in [0, 0.05) is 37.8 Å². The molecule has 1 heterocycles. The zero-order chi connectivity index (χ0) is 21.4. The molecule has 9 nitrogen and oxygen atoms in total. The first-order valence-electron chi connectivity index (χ1n) is 9.54. The van der Waals surface area contributed by atoms with Crippen molar-refractivity contribution in [3.63, 3.8) is 0 Å². The third-order valence-electron chi connectivity index (χ3n) is 4.23. The van der Waals surface area contributed by atoms with Crippen LogP contribution in [0.3, 0.4) is 0 Å². The van der Waals surface area contributed by atoms with E-state index in [0.29, 0.717) is 12.1 Å². The van der Waals surface area contributed by atoms with Crippen LogP contribution in [0.15, 0.2) is 6.20 Å². The molecule has 2 amide bonds. The van der Waals surface area contributed by atoms with E-state index in [-0.39, 0.29) is 48.2 Å². The van der Waals surface area contributed by atoms with E-state index in [0.717, 1.165) is 0 Å². The zero-order valence-corrected chi connectivity index (χ0v) is 17.5. The van der Waals surface area contributed by atoms with Gasteiger partial charge >= 0.3 is 0 Å². The number of ketones is 2. The topological polar surface area (TPSA) is 123 Å². The van der Waals surface area contributed by atoms with Crippen LogP contribution in [-0.2, 0) is 32.1 Å². The van der Waals surface area contributed by atoms with Crippen molar-refractivity contribution in [3.05, 3.63) is 11.9 Å². The Morgan fingerprint density at radius 1 is 1.00 bits per heavy atom. The summed E-state index contributed by atoms with van der Waals surface area (Å²) in [7, 11) is 0. The van der Waals surface area contributed by atoms with Gasteiger partial charge in [0.25, 0.3) is 0 Å². The minimum atomic E-state index is -0.682. The van der Waals surface area contributed by atoms with Gasteiger partial charge in [-0.15, -0.1) is 5.10 Å². The second-order valence-electron chi connectivity index (χ2n) is 7.59. The van der Waals surface area contributed by atoms with Crippen LogP contribution in [0.2, 0.25) is 0 Å². The van der Waals surface area contributed by atoms with Crippen LogP contribution in [0.25, 0.3) is 0 Å². The molecule has 9 heteroatoms. The van der Waals surface area contributed by atoms with Crippen LogP contribution in [0.4, 0.5) is 0 Å². The van der Waals surface area contributed by atoms with E-state index >= 15 is 0 Å². The average molecular weight is 393 g/mol. The van der Waals surface area contributed by atoms with Crippen molar-refractivity contribution < 1.29 is 19.2 Å². The Kier molecular flexibility index (Phi) is 8.94. The molecule has 0 radical (unpaired) electrons. The number of rotatable bonds is 11. The Morgan fingerprint density at radius 3 is 2.14 bits per heavy atom. The van der Waals surface area contributed by atoms with Gasteiger partial charge in [-0.05, 0) is 6.92 Å². The molecule has 1 aromatic rings. The number of amides is 2. The largest absolute Gasteiger partial charge is 0.347 e. The third kappa shape index (κ3) is 7.58. The molecule has 0 fully saturated rings. The maximum Gasteiger partial charge on any atom is 0.220 e. The first-order valence-corrected chi connectivity index (χ1v) is 9.54. The summed E-state index contributed by atoms with van der Waals surface area (Å²) in [5.74, 6) is -0.990. The van der Waals surface area contributed by atoms with E-state index < -0.39 is 12.1 Å². The molecule has 0 spiro atoms. The Morgan fingerprint density at radius 2 is 1.61 bits per heavy atom. The molecular formula is C19H31N5O4. The van der Waals surface area contributed by atoms with Crippen LogP contribution in [-0.4, -0.2) is 50.5 Å². The highest BCUT2D eigenvalue weighted by Gasteiger charge is 2.23. The normalized spacial score (nSPS) is 13.3. The van der Waals surface area contributed by atoms with Crippen molar-refractivity contribution in [2.24, 2.45) is 11.8 Å². The number of Topliss-reactive ketones (excluding diaryl/α,β-unsaturated/α-hetero) is 2. The van der Waals surface area contributed by atoms with Crippen LogP contribution < -0.4 is 10.6 Å². The van der Waals surface area contributed by atoms with E-state index in [4.69, 9.17) is 0 Å². The Balaban J connectivity index is 2.61. The molecule has 0 saturated heterocycles. The van der Waals surface area contributed by atoms with Crippen LogP contribution in [0, 0.1) is 11.8 Å². The van der Waals surface area contributed by atoms with E-state index in [1.165, 1.54) is 11.6 Å². The van der Waals surface area contributed by atoms with Gasteiger partial charge in [0.1, 0.15) is 6.04 Å². The molecule has 1 aromatic heterocycles. The lowest BCUT2D eigenvalue weighted by atomic mass is 10.0. The van der Waals surface area contributed by atoms with Crippen LogP contribution >= 0.6 is 0 Å². The molecule has 0 bridgehead atoms. The fourth-order valence-electron chi connectivity index (χ4n) is 2.71. The molecule has 1 rings (SSSR count). The Labute approximate surface area is 165 Å². The first-order chi connectivity index (χ1) is 13.0. The average Bonchev–Trinajstić information content (AvgIpc) is 3.04. The van der Waals surface area contributed by atoms with Gasteiger partial charge in [-0.25, -0.2) is 4.68 Å². The van der Waals surface area contributed by atoms with Gasteiger partial charge in [0.2, 0.25) is 11.8 Å². The second-order valence-corrected chi connectivity index (χ2v) is 7.59. The number of nitrogens with one attached hydrogen (secondary N) is 2. The smallest absolute Gasteiger partial charge is 0.220 e. The lowest BCUT2D eigenvalue weighted by Gasteiger charge is -2.18. The minimum Gasteiger partial charge on any atom is -0.347 e. The number of nitrogens with zero attached hydrogens (tertiary/aromatic N) is 3. The first kappa shape index (κ1) is 23.5. The standard InChI is InChI=1S/C19H31N5O4/c1-11(2)18(27)13(5)20-17(26)8-7-15-9-24(23-22-15)10-16(21-14(6)25)19(28)12(3)4/h9,11-13,16H,7-8,10H2,1-6H3,(H,20,26)(H,21,25)/t13-,16+/m0/s1. The number of hydrogen-bond donors (Lipinski definition) is 2. The van der Waals surface area contributed by atoms with Crippen molar-refractivity contribution >= 4 is 23.4 Å². The maximum absolute atomic E-state index is 12.3. The quantitative estimate of drug-likeness (QED) is 0.570. The molecule has 0 saturated carbocycles. The van der Waals surface area contributed by atoms with Crippen LogP contribution in [0.1, 0.15) is 53.7 Å². The minimum absolute atomic E-state index is 0.0156. The molecule has 0 aliphatic heterocycles. The predicted octanol–water partition coefficient (Wildman–Crippen LogP) is 0.670.